The molecule has 0 aromatic carbocycles. The molecular formula is C14H27NO. The minimum atomic E-state index is 0.983. The van der Waals surface area contributed by atoms with E-state index in [0.29, 0.717) is 0 Å². The molecule has 2 nitrogen and oxygen atoms in total. The van der Waals surface area contributed by atoms with E-state index in [9.17, 15) is 0 Å². The monoisotopic (exact) mass is 225 g/mol. The van der Waals surface area contributed by atoms with Gasteiger partial charge in [0.05, 0.1) is 5.71 Å². The maximum Gasteiger partial charge on any atom is 0.0570 e. The smallest absolute Gasteiger partial charge is 0.0570 e. The first kappa shape index (κ1) is 13.5. The van der Waals surface area contributed by atoms with Crippen LogP contribution in [-0.2, 0) is 0 Å². The fourth-order valence-corrected chi connectivity index (χ4v) is 2.47. The molecule has 2 saturated carbocycles. The first-order chi connectivity index (χ1) is 7.93. The summed E-state index contributed by atoms with van der Waals surface area (Å²) in [6.07, 6.45) is 17.7. The molecule has 0 bridgehead atoms. The molecule has 0 aromatic rings. The lowest BCUT2D eigenvalue weighted by Crippen LogP contribution is -2.03. The molecule has 0 spiro atoms. The van der Waals surface area contributed by atoms with Crippen LogP contribution in [0.25, 0.3) is 0 Å². The Hall–Kier alpha value is -0.530. The number of rotatable bonds is 0. The Morgan fingerprint density at radius 3 is 1.12 bits per heavy atom. The molecule has 0 radical (unpaired) electrons. The molecule has 0 atom stereocenters. The van der Waals surface area contributed by atoms with Crippen molar-refractivity contribution < 1.29 is 5.21 Å². The standard InChI is InChI=1S/C8H16.C6H11NO/c1-2-4-6-8-7-5-3-1;8-7-6-4-2-1-3-5-6/h1-8H2;8H,1-5H2. The average molecular weight is 225 g/mol. The van der Waals surface area contributed by atoms with Gasteiger partial charge in [-0.15, -0.1) is 0 Å². The van der Waals surface area contributed by atoms with Gasteiger partial charge in [0.25, 0.3) is 0 Å². The fraction of sp³-hybridized carbons (Fsp3) is 0.929. The van der Waals surface area contributed by atoms with Crippen LogP contribution in [0.15, 0.2) is 5.16 Å². The Kier molecular flexibility index (Phi) is 8.19. The van der Waals surface area contributed by atoms with E-state index in [1.54, 1.807) is 0 Å². The lowest BCUT2D eigenvalue weighted by Gasteiger charge is -2.08. The summed E-state index contributed by atoms with van der Waals surface area (Å²) in [5.74, 6) is 0. The minimum absolute atomic E-state index is 0.983. The summed E-state index contributed by atoms with van der Waals surface area (Å²) in [6.45, 7) is 0. The van der Waals surface area contributed by atoms with Gasteiger partial charge in [-0.05, 0) is 25.7 Å². The molecule has 0 aromatic heterocycles. The fourth-order valence-electron chi connectivity index (χ4n) is 2.47. The molecule has 2 aliphatic rings. The van der Waals surface area contributed by atoms with Crippen molar-refractivity contribution in [2.24, 2.45) is 5.16 Å². The highest BCUT2D eigenvalue weighted by Crippen LogP contribution is 2.15. The summed E-state index contributed by atoms with van der Waals surface area (Å²) in [5.41, 5.74) is 0.983. The van der Waals surface area contributed by atoms with Crippen LogP contribution in [0.3, 0.4) is 0 Å². The van der Waals surface area contributed by atoms with Gasteiger partial charge in [0.2, 0.25) is 0 Å². The molecule has 2 aliphatic carbocycles. The van der Waals surface area contributed by atoms with Crippen LogP contribution in [0.1, 0.15) is 83.5 Å². The molecule has 0 amide bonds. The molecule has 16 heavy (non-hydrogen) atoms. The van der Waals surface area contributed by atoms with E-state index in [1.807, 2.05) is 0 Å². The number of hydrogen-bond acceptors (Lipinski definition) is 2. The van der Waals surface area contributed by atoms with E-state index in [4.69, 9.17) is 5.21 Å². The Morgan fingerprint density at radius 2 is 0.875 bits per heavy atom. The molecule has 2 fully saturated rings. The van der Waals surface area contributed by atoms with Crippen molar-refractivity contribution in [2.75, 3.05) is 0 Å². The zero-order valence-electron chi connectivity index (χ0n) is 10.6. The second-order valence-electron chi connectivity index (χ2n) is 5.06. The maximum atomic E-state index is 8.28. The van der Waals surface area contributed by atoms with Gasteiger partial charge in [-0.1, -0.05) is 62.9 Å². The van der Waals surface area contributed by atoms with Crippen LogP contribution in [0.4, 0.5) is 0 Å². The summed E-state index contributed by atoms with van der Waals surface area (Å²) < 4.78 is 0. The molecule has 2 rings (SSSR count). The number of nitrogens with zero attached hydrogens (tertiary/aromatic N) is 1. The van der Waals surface area contributed by atoms with E-state index in [2.05, 4.69) is 5.16 Å². The topological polar surface area (TPSA) is 32.6 Å². The second-order valence-corrected chi connectivity index (χ2v) is 5.06. The van der Waals surface area contributed by atoms with Gasteiger partial charge in [0.15, 0.2) is 0 Å². The van der Waals surface area contributed by atoms with Crippen LogP contribution in [0.5, 0.6) is 0 Å². The van der Waals surface area contributed by atoms with Crippen molar-refractivity contribution in [2.45, 2.75) is 83.5 Å². The summed E-state index contributed by atoms with van der Waals surface area (Å²) in [5, 5.41) is 11.4. The van der Waals surface area contributed by atoms with Crippen molar-refractivity contribution in [1.82, 2.24) is 0 Å². The summed E-state index contributed by atoms with van der Waals surface area (Å²) in [4.78, 5) is 0. The molecule has 0 unspecified atom stereocenters. The Morgan fingerprint density at radius 1 is 0.562 bits per heavy atom. The van der Waals surface area contributed by atoms with Crippen LogP contribution >= 0.6 is 0 Å². The van der Waals surface area contributed by atoms with Crippen LogP contribution in [0.2, 0.25) is 0 Å². The third kappa shape index (κ3) is 6.86. The molecule has 2 heteroatoms. The highest BCUT2D eigenvalue weighted by molar-refractivity contribution is 5.84. The van der Waals surface area contributed by atoms with E-state index in [1.165, 1.54) is 70.6 Å². The van der Waals surface area contributed by atoms with Crippen molar-refractivity contribution in [1.29, 1.82) is 0 Å². The lowest BCUT2D eigenvalue weighted by molar-refractivity contribution is 0.314. The largest absolute Gasteiger partial charge is 0.411 e. The first-order valence-electron chi connectivity index (χ1n) is 7.13. The van der Waals surface area contributed by atoms with Crippen molar-refractivity contribution in [3.8, 4) is 0 Å². The Bertz CT molecular complexity index is 157. The van der Waals surface area contributed by atoms with E-state index < -0.39 is 0 Å². The SMILES string of the molecule is C1CCCCCCC1.ON=C1CCCCC1. The van der Waals surface area contributed by atoms with Gasteiger partial charge in [-0.25, -0.2) is 0 Å². The zero-order valence-corrected chi connectivity index (χ0v) is 10.6. The third-order valence-corrected chi connectivity index (χ3v) is 3.57. The lowest BCUT2D eigenvalue weighted by atomic mass is 9.99. The third-order valence-electron chi connectivity index (χ3n) is 3.57. The van der Waals surface area contributed by atoms with Crippen molar-refractivity contribution in [3.63, 3.8) is 0 Å². The summed E-state index contributed by atoms with van der Waals surface area (Å²) in [6, 6.07) is 0. The normalized spacial score (nSPS) is 22.4. The molecule has 1 N–H and O–H groups in total. The Labute approximate surface area is 100 Å². The second kappa shape index (κ2) is 9.68. The highest BCUT2D eigenvalue weighted by Gasteiger charge is 2.05. The first-order valence-corrected chi connectivity index (χ1v) is 7.13. The van der Waals surface area contributed by atoms with Gasteiger partial charge in [-0.2, -0.15) is 0 Å². The maximum absolute atomic E-state index is 8.28. The van der Waals surface area contributed by atoms with Crippen LogP contribution in [-0.4, -0.2) is 10.9 Å². The zero-order chi connectivity index (χ0) is 11.5. The molecular weight excluding hydrogens is 198 g/mol. The van der Waals surface area contributed by atoms with Gasteiger partial charge in [0.1, 0.15) is 0 Å². The minimum Gasteiger partial charge on any atom is -0.411 e. The average Bonchev–Trinajstić information content (AvgIpc) is 2.30. The number of oxime groups is 1. The summed E-state index contributed by atoms with van der Waals surface area (Å²) in [7, 11) is 0. The van der Waals surface area contributed by atoms with Gasteiger partial charge in [-0.3, -0.25) is 0 Å². The highest BCUT2D eigenvalue weighted by atomic mass is 16.4. The van der Waals surface area contributed by atoms with Crippen molar-refractivity contribution >= 4 is 5.71 Å². The molecule has 0 saturated heterocycles. The quantitative estimate of drug-likeness (QED) is 0.461. The molecule has 94 valence electrons. The van der Waals surface area contributed by atoms with Crippen LogP contribution in [0, 0.1) is 0 Å². The van der Waals surface area contributed by atoms with Gasteiger partial charge >= 0.3 is 0 Å². The predicted molar refractivity (Wildman–Crippen MR) is 69.2 cm³/mol. The molecule has 0 aliphatic heterocycles. The molecule has 0 heterocycles. The van der Waals surface area contributed by atoms with E-state index in [0.717, 1.165) is 18.6 Å². The van der Waals surface area contributed by atoms with Crippen LogP contribution < -0.4 is 0 Å². The van der Waals surface area contributed by atoms with Crippen molar-refractivity contribution in [3.05, 3.63) is 0 Å². The predicted octanol–water partition coefficient (Wildman–Crippen LogP) is 4.90. The Balaban J connectivity index is 0.000000160. The van der Waals surface area contributed by atoms with E-state index >= 15 is 0 Å². The van der Waals surface area contributed by atoms with Gasteiger partial charge < -0.3 is 5.21 Å². The van der Waals surface area contributed by atoms with E-state index in [-0.39, 0.29) is 0 Å². The van der Waals surface area contributed by atoms with Gasteiger partial charge in [0, 0.05) is 0 Å². The summed E-state index contributed by atoms with van der Waals surface area (Å²) >= 11 is 0. The number of hydrogen-bond donors (Lipinski definition) is 1.